The average molecular weight is 425 g/mol. The predicted molar refractivity (Wildman–Crippen MR) is 117 cm³/mol. The van der Waals surface area contributed by atoms with E-state index in [4.69, 9.17) is 4.74 Å². The van der Waals surface area contributed by atoms with E-state index in [1.54, 1.807) is 14.2 Å². The van der Waals surface area contributed by atoms with Crippen molar-refractivity contribution >= 4 is 29.9 Å². The molecule has 0 saturated carbocycles. The van der Waals surface area contributed by atoms with Crippen LogP contribution in [0.1, 0.15) is 18.9 Å². The molecule has 2 saturated heterocycles. The standard InChI is InChI=1S/C21H32N4O3.ClH/c1-15-6-7-18(28-4)17(14-15)24-12-10-23(11-13-24)8-5-9-25-20(26)16(2)19(22-3)21(25)27;/h6-7,14,16,19,22H,5,8-13H2,1-4H3;1H. The molecule has 1 aromatic carbocycles. The Labute approximate surface area is 179 Å². The van der Waals surface area contributed by atoms with Crippen LogP contribution in [0, 0.1) is 12.8 Å². The zero-order valence-electron chi connectivity index (χ0n) is 17.8. The first-order valence-corrected chi connectivity index (χ1v) is 10.1. The average Bonchev–Trinajstić information content (AvgIpc) is 2.91. The Morgan fingerprint density at radius 2 is 1.79 bits per heavy atom. The highest BCUT2D eigenvalue weighted by atomic mass is 35.5. The summed E-state index contributed by atoms with van der Waals surface area (Å²) in [7, 11) is 3.45. The van der Waals surface area contributed by atoms with Crippen molar-refractivity contribution in [3.8, 4) is 5.75 Å². The van der Waals surface area contributed by atoms with Crippen molar-refractivity contribution < 1.29 is 14.3 Å². The fourth-order valence-electron chi connectivity index (χ4n) is 4.18. The Bertz CT molecular complexity index is 722. The second-order valence-corrected chi connectivity index (χ2v) is 7.74. The molecule has 1 N–H and O–H groups in total. The van der Waals surface area contributed by atoms with Gasteiger partial charge < -0.3 is 15.0 Å². The van der Waals surface area contributed by atoms with Crippen LogP contribution in [-0.4, -0.2) is 81.1 Å². The molecule has 0 bridgehead atoms. The summed E-state index contributed by atoms with van der Waals surface area (Å²) in [5.41, 5.74) is 2.38. The number of imide groups is 1. The summed E-state index contributed by atoms with van der Waals surface area (Å²) < 4.78 is 5.52. The van der Waals surface area contributed by atoms with Gasteiger partial charge in [0.25, 0.3) is 0 Å². The Balaban J connectivity index is 0.00000300. The molecule has 2 heterocycles. The molecule has 3 rings (SSSR count). The minimum Gasteiger partial charge on any atom is -0.495 e. The van der Waals surface area contributed by atoms with E-state index in [0.717, 1.165) is 50.6 Å². The molecule has 8 heteroatoms. The highest BCUT2D eigenvalue weighted by Gasteiger charge is 2.43. The van der Waals surface area contributed by atoms with Crippen LogP contribution < -0.4 is 15.0 Å². The van der Waals surface area contributed by atoms with E-state index in [9.17, 15) is 9.59 Å². The number of carbonyl (C=O) groups excluding carboxylic acids is 2. The molecular formula is C21H33ClN4O3. The van der Waals surface area contributed by atoms with Crippen molar-refractivity contribution in [2.75, 3.05) is 58.3 Å². The number of anilines is 1. The molecular weight excluding hydrogens is 392 g/mol. The molecule has 2 fully saturated rings. The Hall–Kier alpha value is -1.83. The Morgan fingerprint density at radius 1 is 1.10 bits per heavy atom. The quantitative estimate of drug-likeness (QED) is 0.670. The van der Waals surface area contributed by atoms with Crippen LogP contribution in [0.4, 0.5) is 5.69 Å². The van der Waals surface area contributed by atoms with Crippen LogP contribution in [-0.2, 0) is 9.59 Å². The molecule has 162 valence electrons. The van der Waals surface area contributed by atoms with Crippen LogP contribution >= 0.6 is 12.4 Å². The van der Waals surface area contributed by atoms with Crippen molar-refractivity contribution in [1.82, 2.24) is 15.1 Å². The topological polar surface area (TPSA) is 65.1 Å². The Kier molecular flexibility index (Phi) is 8.31. The molecule has 2 unspecified atom stereocenters. The van der Waals surface area contributed by atoms with Gasteiger partial charge in [0.1, 0.15) is 5.75 Å². The molecule has 7 nitrogen and oxygen atoms in total. The van der Waals surface area contributed by atoms with Gasteiger partial charge >= 0.3 is 0 Å². The van der Waals surface area contributed by atoms with Crippen LogP contribution in [0.5, 0.6) is 5.75 Å². The monoisotopic (exact) mass is 424 g/mol. The van der Waals surface area contributed by atoms with Gasteiger partial charge in [0, 0.05) is 32.7 Å². The second-order valence-electron chi connectivity index (χ2n) is 7.74. The smallest absolute Gasteiger partial charge is 0.247 e. The third-order valence-electron chi connectivity index (χ3n) is 5.90. The molecule has 0 spiro atoms. The predicted octanol–water partition coefficient (Wildman–Crippen LogP) is 1.53. The lowest BCUT2D eigenvalue weighted by Gasteiger charge is -2.37. The number of likely N-dealkylation sites (tertiary alicyclic amines) is 1. The number of carbonyl (C=O) groups is 2. The van der Waals surface area contributed by atoms with Gasteiger partial charge in [-0.05, 0) is 44.6 Å². The summed E-state index contributed by atoms with van der Waals surface area (Å²) in [5, 5.41) is 2.96. The van der Waals surface area contributed by atoms with Gasteiger partial charge in [0.2, 0.25) is 11.8 Å². The van der Waals surface area contributed by atoms with Crippen LogP contribution in [0.2, 0.25) is 0 Å². The molecule has 2 atom stereocenters. The molecule has 0 aliphatic carbocycles. The summed E-state index contributed by atoms with van der Waals surface area (Å²) in [5.74, 6) is 0.501. The Morgan fingerprint density at radius 3 is 2.38 bits per heavy atom. The normalized spacial score (nSPS) is 22.8. The summed E-state index contributed by atoms with van der Waals surface area (Å²) >= 11 is 0. The number of hydrogen-bond acceptors (Lipinski definition) is 6. The van der Waals surface area contributed by atoms with Gasteiger partial charge in [-0.1, -0.05) is 13.0 Å². The lowest BCUT2D eigenvalue weighted by Crippen LogP contribution is -2.47. The summed E-state index contributed by atoms with van der Waals surface area (Å²) in [6, 6.07) is 5.90. The fourth-order valence-corrected chi connectivity index (χ4v) is 4.18. The highest BCUT2D eigenvalue weighted by Crippen LogP contribution is 2.30. The molecule has 0 aromatic heterocycles. The number of aryl methyl sites for hydroxylation is 1. The van der Waals surface area contributed by atoms with Crippen molar-refractivity contribution in [2.24, 2.45) is 5.92 Å². The van der Waals surface area contributed by atoms with Gasteiger partial charge in [-0.25, -0.2) is 0 Å². The number of hydrogen-bond donors (Lipinski definition) is 1. The lowest BCUT2D eigenvalue weighted by atomic mass is 10.1. The molecule has 0 radical (unpaired) electrons. The summed E-state index contributed by atoms with van der Waals surface area (Å²) in [6.45, 7) is 9.14. The maximum atomic E-state index is 12.3. The summed E-state index contributed by atoms with van der Waals surface area (Å²) in [6.07, 6.45) is 0.814. The maximum absolute atomic E-state index is 12.3. The van der Waals surface area contributed by atoms with Crippen molar-refractivity contribution in [3.05, 3.63) is 23.8 Å². The molecule has 2 aliphatic heterocycles. The largest absolute Gasteiger partial charge is 0.495 e. The van der Waals surface area contributed by atoms with E-state index in [-0.39, 0.29) is 36.2 Å². The number of benzene rings is 1. The van der Waals surface area contributed by atoms with Gasteiger partial charge in [0.15, 0.2) is 0 Å². The van der Waals surface area contributed by atoms with Crippen molar-refractivity contribution in [2.45, 2.75) is 26.3 Å². The number of likely N-dealkylation sites (N-methyl/N-ethyl adjacent to an activating group) is 1. The van der Waals surface area contributed by atoms with E-state index in [1.807, 2.05) is 13.0 Å². The first-order valence-electron chi connectivity index (χ1n) is 10.1. The first-order chi connectivity index (χ1) is 13.5. The minimum atomic E-state index is -0.375. The van der Waals surface area contributed by atoms with Crippen LogP contribution in [0.25, 0.3) is 0 Å². The number of piperazine rings is 1. The second kappa shape index (κ2) is 10.3. The van der Waals surface area contributed by atoms with Gasteiger partial charge in [-0.2, -0.15) is 0 Å². The van der Waals surface area contributed by atoms with Gasteiger partial charge in [-0.15, -0.1) is 12.4 Å². The lowest BCUT2D eigenvalue weighted by molar-refractivity contribution is -0.139. The van der Waals surface area contributed by atoms with E-state index >= 15 is 0 Å². The SMILES string of the molecule is CNC1C(=O)N(CCCN2CCN(c3cc(C)ccc3OC)CC2)C(=O)C1C.Cl. The van der Waals surface area contributed by atoms with E-state index < -0.39 is 0 Å². The van der Waals surface area contributed by atoms with E-state index in [2.05, 4.69) is 34.2 Å². The number of amides is 2. The van der Waals surface area contributed by atoms with Crippen LogP contribution in [0.15, 0.2) is 18.2 Å². The molecule has 2 aliphatic rings. The van der Waals surface area contributed by atoms with Gasteiger partial charge in [0.05, 0.1) is 24.8 Å². The third-order valence-corrected chi connectivity index (χ3v) is 5.90. The van der Waals surface area contributed by atoms with Crippen molar-refractivity contribution in [1.29, 1.82) is 0 Å². The van der Waals surface area contributed by atoms with E-state index in [0.29, 0.717) is 6.54 Å². The van der Waals surface area contributed by atoms with Crippen LogP contribution in [0.3, 0.4) is 0 Å². The molecule has 2 amide bonds. The zero-order valence-corrected chi connectivity index (χ0v) is 18.6. The summed E-state index contributed by atoms with van der Waals surface area (Å²) in [4.78, 5) is 30.8. The highest BCUT2D eigenvalue weighted by molar-refractivity contribution is 6.06. The minimum absolute atomic E-state index is 0. The third kappa shape index (κ3) is 5.02. The van der Waals surface area contributed by atoms with E-state index in [1.165, 1.54) is 10.5 Å². The van der Waals surface area contributed by atoms with Crippen molar-refractivity contribution in [3.63, 3.8) is 0 Å². The number of halogens is 1. The fraction of sp³-hybridized carbons (Fsp3) is 0.619. The number of nitrogens with one attached hydrogen (secondary N) is 1. The van der Waals surface area contributed by atoms with Gasteiger partial charge in [-0.3, -0.25) is 19.4 Å². The number of nitrogens with zero attached hydrogens (tertiary/aromatic N) is 3. The maximum Gasteiger partial charge on any atom is 0.247 e. The number of ether oxygens (including phenoxy) is 1. The molecule has 1 aromatic rings. The number of rotatable bonds is 7. The zero-order chi connectivity index (χ0) is 20.3. The number of methoxy groups -OCH3 is 1. The first kappa shape index (κ1) is 23.4. The molecule has 29 heavy (non-hydrogen) atoms.